The Morgan fingerprint density at radius 3 is 2.40 bits per heavy atom. The largest absolute Gasteiger partial charge is 0.389 e. The van der Waals surface area contributed by atoms with Crippen LogP contribution in [0.2, 0.25) is 0 Å². The van der Waals surface area contributed by atoms with Gasteiger partial charge in [-0.2, -0.15) is 0 Å². The standard InChI is InChI=1S/C13H27NO/c1-4-12(2)10-14(3)11-13(15)8-6-5-7-9-13/h12,15H,4-11H2,1-3H3. The van der Waals surface area contributed by atoms with Crippen molar-refractivity contribution in [2.24, 2.45) is 5.92 Å². The zero-order chi connectivity index (χ0) is 11.3. The third kappa shape index (κ3) is 4.52. The van der Waals surface area contributed by atoms with Crippen LogP contribution in [-0.2, 0) is 0 Å². The number of rotatable bonds is 5. The molecule has 1 atom stereocenters. The van der Waals surface area contributed by atoms with Crippen LogP contribution in [0.5, 0.6) is 0 Å². The highest BCUT2D eigenvalue weighted by Crippen LogP contribution is 2.28. The Kier molecular flexibility index (Phi) is 5.07. The first-order valence-electron chi connectivity index (χ1n) is 6.46. The van der Waals surface area contributed by atoms with Crippen molar-refractivity contribution >= 4 is 0 Å². The molecule has 0 spiro atoms. The normalized spacial score (nSPS) is 23.0. The van der Waals surface area contributed by atoms with E-state index in [1.807, 2.05) is 0 Å². The van der Waals surface area contributed by atoms with Gasteiger partial charge in [-0.1, -0.05) is 39.5 Å². The van der Waals surface area contributed by atoms with Crippen LogP contribution in [0.25, 0.3) is 0 Å². The van der Waals surface area contributed by atoms with Crippen molar-refractivity contribution in [3.63, 3.8) is 0 Å². The molecule has 2 nitrogen and oxygen atoms in total. The Hall–Kier alpha value is -0.0800. The maximum Gasteiger partial charge on any atom is 0.0774 e. The molecule has 0 aliphatic heterocycles. The van der Waals surface area contributed by atoms with Crippen molar-refractivity contribution in [1.82, 2.24) is 4.90 Å². The van der Waals surface area contributed by atoms with Gasteiger partial charge in [0.1, 0.15) is 0 Å². The Bertz CT molecular complexity index is 175. The molecule has 0 aromatic heterocycles. The third-order valence-corrected chi connectivity index (χ3v) is 3.67. The summed E-state index contributed by atoms with van der Waals surface area (Å²) in [5.41, 5.74) is -0.388. The van der Waals surface area contributed by atoms with Gasteiger partial charge in [0, 0.05) is 13.1 Å². The Labute approximate surface area is 94.7 Å². The summed E-state index contributed by atoms with van der Waals surface area (Å²) in [7, 11) is 2.14. The highest BCUT2D eigenvalue weighted by atomic mass is 16.3. The third-order valence-electron chi connectivity index (χ3n) is 3.67. The number of likely N-dealkylation sites (N-methyl/N-ethyl adjacent to an activating group) is 1. The lowest BCUT2D eigenvalue weighted by Crippen LogP contribution is -2.44. The van der Waals surface area contributed by atoms with Gasteiger partial charge in [0.15, 0.2) is 0 Å². The molecular formula is C13H27NO. The average molecular weight is 213 g/mol. The van der Waals surface area contributed by atoms with Gasteiger partial charge in [-0.3, -0.25) is 0 Å². The lowest BCUT2D eigenvalue weighted by molar-refractivity contribution is -0.0230. The van der Waals surface area contributed by atoms with Crippen molar-refractivity contribution in [2.45, 2.75) is 58.0 Å². The van der Waals surface area contributed by atoms with Gasteiger partial charge in [-0.15, -0.1) is 0 Å². The van der Waals surface area contributed by atoms with E-state index in [-0.39, 0.29) is 5.60 Å². The molecule has 2 heteroatoms. The maximum atomic E-state index is 10.4. The second-order valence-corrected chi connectivity index (χ2v) is 5.50. The van der Waals surface area contributed by atoms with Crippen LogP contribution in [0.1, 0.15) is 52.4 Å². The van der Waals surface area contributed by atoms with Gasteiger partial charge in [0.25, 0.3) is 0 Å². The van der Waals surface area contributed by atoms with Crippen molar-refractivity contribution in [1.29, 1.82) is 0 Å². The maximum absolute atomic E-state index is 10.4. The van der Waals surface area contributed by atoms with Crippen molar-refractivity contribution in [3.8, 4) is 0 Å². The van der Waals surface area contributed by atoms with Gasteiger partial charge in [-0.05, 0) is 25.8 Å². The molecule has 0 amide bonds. The van der Waals surface area contributed by atoms with E-state index in [0.29, 0.717) is 0 Å². The lowest BCUT2D eigenvalue weighted by atomic mass is 9.84. The number of aliphatic hydroxyl groups is 1. The molecule has 1 unspecified atom stereocenters. The molecule has 1 aliphatic carbocycles. The van der Waals surface area contributed by atoms with E-state index in [9.17, 15) is 5.11 Å². The predicted molar refractivity (Wildman–Crippen MR) is 65.0 cm³/mol. The van der Waals surface area contributed by atoms with E-state index >= 15 is 0 Å². The quantitative estimate of drug-likeness (QED) is 0.759. The monoisotopic (exact) mass is 213 g/mol. The van der Waals surface area contributed by atoms with Crippen LogP contribution >= 0.6 is 0 Å². The van der Waals surface area contributed by atoms with Gasteiger partial charge >= 0.3 is 0 Å². The van der Waals surface area contributed by atoms with Gasteiger partial charge in [0.2, 0.25) is 0 Å². The summed E-state index contributed by atoms with van der Waals surface area (Å²) in [6.45, 7) is 6.48. The topological polar surface area (TPSA) is 23.5 Å². The highest BCUT2D eigenvalue weighted by Gasteiger charge is 2.30. The molecule has 1 rings (SSSR count). The fourth-order valence-corrected chi connectivity index (χ4v) is 2.60. The Morgan fingerprint density at radius 1 is 1.27 bits per heavy atom. The van der Waals surface area contributed by atoms with Gasteiger partial charge in [0.05, 0.1) is 5.60 Å². The molecule has 0 heterocycles. The number of hydrogen-bond acceptors (Lipinski definition) is 2. The SMILES string of the molecule is CCC(C)CN(C)CC1(O)CCCCC1. The molecule has 0 bridgehead atoms. The van der Waals surface area contributed by atoms with E-state index in [0.717, 1.165) is 31.8 Å². The van der Waals surface area contributed by atoms with Crippen molar-refractivity contribution in [3.05, 3.63) is 0 Å². The molecular weight excluding hydrogens is 186 g/mol. The molecule has 1 aliphatic rings. The van der Waals surface area contributed by atoms with Crippen molar-refractivity contribution < 1.29 is 5.11 Å². The van der Waals surface area contributed by atoms with Gasteiger partial charge in [-0.25, -0.2) is 0 Å². The number of nitrogens with zero attached hydrogens (tertiary/aromatic N) is 1. The van der Waals surface area contributed by atoms with E-state index in [1.54, 1.807) is 0 Å². The van der Waals surface area contributed by atoms with E-state index < -0.39 is 0 Å². The molecule has 1 fully saturated rings. The first kappa shape index (κ1) is 13.0. The molecule has 1 saturated carbocycles. The number of hydrogen-bond donors (Lipinski definition) is 1. The average Bonchev–Trinajstić information content (AvgIpc) is 2.17. The summed E-state index contributed by atoms with van der Waals surface area (Å²) in [5, 5.41) is 10.4. The molecule has 0 aromatic rings. The molecule has 0 radical (unpaired) electrons. The summed E-state index contributed by atoms with van der Waals surface area (Å²) in [6, 6.07) is 0. The fourth-order valence-electron chi connectivity index (χ4n) is 2.60. The van der Waals surface area contributed by atoms with Crippen LogP contribution in [0.15, 0.2) is 0 Å². The molecule has 1 N–H and O–H groups in total. The summed E-state index contributed by atoms with van der Waals surface area (Å²) in [5.74, 6) is 0.738. The van der Waals surface area contributed by atoms with Crippen LogP contribution < -0.4 is 0 Å². The van der Waals surface area contributed by atoms with Crippen LogP contribution in [-0.4, -0.2) is 35.7 Å². The Morgan fingerprint density at radius 2 is 1.87 bits per heavy atom. The van der Waals surface area contributed by atoms with Gasteiger partial charge < -0.3 is 10.0 Å². The fraction of sp³-hybridized carbons (Fsp3) is 1.00. The Balaban J connectivity index is 2.31. The molecule has 0 saturated heterocycles. The lowest BCUT2D eigenvalue weighted by Gasteiger charge is -2.36. The minimum Gasteiger partial charge on any atom is -0.389 e. The summed E-state index contributed by atoms with van der Waals surface area (Å²) in [6.07, 6.45) is 6.93. The van der Waals surface area contributed by atoms with Crippen LogP contribution in [0.4, 0.5) is 0 Å². The predicted octanol–water partition coefficient (Wildman–Crippen LogP) is 2.66. The first-order chi connectivity index (χ1) is 7.06. The summed E-state index contributed by atoms with van der Waals surface area (Å²) >= 11 is 0. The minimum atomic E-state index is -0.388. The zero-order valence-electron chi connectivity index (χ0n) is 10.6. The van der Waals surface area contributed by atoms with Crippen LogP contribution in [0.3, 0.4) is 0 Å². The van der Waals surface area contributed by atoms with Crippen LogP contribution in [0, 0.1) is 5.92 Å². The second-order valence-electron chi connectivity index (χ2n) is 5.50. The second kappa shape index (κ2) is 5.86. The molecule has 15 heavy (non-hydrogen) atoms. The van der Waals surface area contributed by atoms with E-state index in [2.05, 4.69) is 25.8 Å². The molecule has 0 aromatic carbocycles. The highest BCUT2D eigenvalue weighted by molar-refractivity contribution is 4.85. The minimum absolute atomic E-state index is 0.388. The first-order valence-corrected chi connectivity index (χ1v) is 6.46. The zero-order valence-corrected chi connectivity index (χ0v) is 10.6. The molecule has 90 valence electrons. The summed E-state index contributed by atoms with van der Waals surface area (Å²) in [4.78, 5) is 2.31. The van der Waals surface area contributed by atoms with E-state index in [1.165, 1.54) is 25.7 Å². The van der Waals surface area contributed by atoms with Crippen molar-refractivity contribution in [2.75, 3.05) is 20.1 Å². The summed E-state index contributed by atoms with van der Waals surface area (Å²) < 4.78 is 0. The smallest absolute Gasteiger partial charge is 0.0774 e. The van der Waals surface area contributed by atoms with E-state index in [4.69, 9.17) is 0 Å².